The van der Waals surface area contributed by atoms with E-state index >= 15 is 0 Å². The monoisotopic (exact) mass is 341 g/mol. The van der Waals surface area contributed by atoms with E-state index in [1.54, 1.807) is 36.4 Å². The number of nitriles is 1. The number of halogens is 3. The van der Waals surface area contributed by atoms with Gasteiger partial charge in [0.2, 0.25) is 0 Å². The first kappa shape index (κ1) is 13.2. The fraction of sp³-hybridized carbons (Fsp3) is 0. The van der Waals surface area contributed by atoms with Crippen LogP contribution in [0, 0.1) is 11.3 Å². The van der Waals surface area contributed by atoms with Gasteiger partial charge >= 0.3 is 0 Å². The Hall–Kier alpha value is -1.21. The van der Waals surface area contributed by atoms with Crippen LogP contribution in [0.25, 0.3) is 0 Å². The van der Waals surface area contributed by atoms with Crippen molar-refractivity contribution < 1.29 is 4.74 Å². The van der Waals surface area contributed by atoms with E-state index in [0.717, 1.165) is 0 Å². The summed E-state index contributed by atoms with van der Waals surface area (Å²) in [6, 6.07) is 12.0. The molecule has 0 bridgehead atoms. The van der Waals surface area contributed by atoms with Gasteiger partial charge in [-0.15, -0.1) is 0 Å². The Morgan fingerprint density at radius 3 is 2.33 bits per heavy atom. The van der Waals surface area contributed by atoms with Gasteiger partial charge in [-0.25, -0.2) is 0 Å². The molecule has 0 fully saturated rings. The van der Waals surface area contributed by atoms with Crippen molar-refractivity contribution in [2.45, 2.75) is 0 Å². The molecule has 0 heterocycles. The van der Waals surface area contributed by atoms with Crippen LogP contribution >= 0.6 is 39.1 Å². The molecule has 0 aliphatic carbocycles. The summed E-state index contributed by atoms with van der Waals surface area (Å²) in [6.07, 6.45) is 0. The van der Waals surface area contributed by atoms with Crippen molar-refractivity contribution in [2.75, 3.05) is 0 Å². The molecule has 0 saturated carbocycles. The first-order valence-electron chi connectivity index (χ1n) is 4.92. The summed E-state index contributed by atoms with van der Waals surface area (Å²) in [5, 5.41) is 10.1. The average molecular weight is 343 g/mol. The normalized spacial score (nSPS) is 9.89. The molecule has 0 amide bonds. The zero-order valence-corrected chi connectivity index (χ0v) is 12.1. The van der Waals surface area contributed by atoms with E-state index in [4.69, 9.17) is 33.2 Å². The minimum Gasteiger partial charge on any atom is -0.455 e. The fourth-order valence-electron chi connectivity index (χ4n) is 1.35. The van der Waals surface area contributed by atoms with Crippen LogP contribution in [-0.2, 0) is 0 Å². The lowest BCUT2D eigenvalue weighted by Crippen LogP contribution is -1.89. The van der Waals surface area contributed by atoms with Crippen molar-refractivity contribution in [1.82, 2.24) is 0 Å². The van der Waals surface area contributed by atoms with E-state index in [-0.39, 0.29) is 0 Å². The molecule has 0 unspecified atom stereocenters. The van der Waals surface area contributed by atoms with E-state index in [1.807, 2.05) is 6.07 Å². The van der Waals surface area contributed by atoms with E-state index in [1.165, 1.54) is 0 Å². The summed E-state index contributed by atoms with van der Waals surface area (Å²) in [5.74, 6) is 0.978. The Balaban J connectivity index is 2.40. The second-order valence-corrected chi connectivity index (χ2v) is 5.16. The molecule has 0 saturated heterocycles. The molecule has 0 aliphatic heterocycles. The third kappa shape index (κ3) is 2.97. The fourth-order valence-corrected chi connectivity index (χ4v) is 2.28. The Bertz CT molecular complexity index is 637. The molecule has 0 N–H and O–H groups in total. The van der Waals surface area contributed by atoms with E-state index in [9.17, 15) is 0 Å². The Morgan fingerprint density at radius 1 is 1.00 bits per heavy atom. The molecule has 2 aromatic rings. The molecule has 2 nitrogen and oxygen atoms in total. The van der Waals surface area contributed by atoms with Crippen LogP contribution in [0.3, 0.4) is 0 Å². The Morgan fingerprint density at radius 2 is 1.67 bits per heavy atom. The molecule has 2 aromatic carbocycles. The molecule has 0 atom stereocenters. The SMILES string of the molecule is N#Cc1ccc(Cl)cc1Oc1ccc(Cl)cc1Br. The third-order valence-corrected chi connectivity index (χ3v) is 3.27. The van der Waals surface area contributed by atoms with Gasteiger partial charge in [-0.2, -0.15) is 5.26 Å². The maximum Gasteiger partial charge on any atom is 0.146 e. The lowest BCUT2D eigenvalue weighted by Gasteiger charge is -2.09. The average Bonchev–Trinajstić information content (AvgIpc) is 2.33. The van der Waals surface area contributed by atoms with E-state index in [2.05, 4.69) is 15.9 Å². The maximum absolute atomic E-state index is 8.99. The molecule has 0 radical (unpaired) electrons. The van der Waals surface area contributed by atoms with Crippen molar-refractivity contribution in [3.63, 3.8) is 0 Å². The van der Waals surface area contributed by atoms with Gasteiger partial charge in [-0.05, 0) is 46.3 Å². The minimum absolute atomic E-state index is 0.410. The summed E-state index contributed by atoms with van der Waals surface area (Å²) in [6.45, 7) is 0. The van der Waals surface area contributed by atoms with Crippen LogP contribution in [0.1, 0.15) is 5.56 Å². The molecular formula is C13H6BrCl2NO. The summed E-state index contributed by atoms with van der Waals surface area (Å²) in [5.41, 5.74) is 0.418. The summed E-state index contributed by atoms with van der Waals surface area (Å²) >= 11 is 15.1. The number of rotatable bonds is 2. The van der Waals surface area contributed by atoms with E-state index < -0.39 is 0 Å². The number of hydrogen-bond donors (Lipinski definition) is 0. The standard InChI is InChI=1S/C13H6BrCl2NO/c14-11-5-9(15)3-4-12(11)18-13-6-10(16)2-1-8(13)7-17/h1-6H. The van der Waals surface area contributed by atoms with Gasteiger partial charge in [0.25, 0.3) is 0 Å². The number of benzene rings is 2. The third-order valence-electron chi connectivity index (χ3n) is 2.18. The highest BCUT2D eigenvalue weighted by molar-refractivity contribution is 9.10. The van der Waals surface area contributed by atoms with Crippen molar-refractivity contribution in [2.24, 2.45) is 0 Å². The number of nitrogens with zero attached hydrogens (tertiary/aromatic N) is 1. The lowest BCUT2D eigenvalue weighted by molar-refractivity contribution is 0.478. The Kier molecular flexibility index (Phi) is 4.13. The first-order chi connectivity index (χ1) is 8.60. The summed E-state index contributed by atoms with van der Waals surface area (Å²) < 4.78 is 6.36. The molecular weight excluding hydrogens is 337 g/mol. The van der Waals surface area contributed by atoms with Crippen LogP contribution in [0.15, 0.2) is 40.9 Å². The maximum atomic E-state index is 8.99. The van der Waals surface area contributed by atoms with Crippen molar-refractivity contribution in [3.8, 4) is 17.6 Å². The van der Waals surface area contributed by atoms with Crippen molar-refractivity contribution in [3.05, 3.63) is 56.5 Å². The van der Waals surface area contributed by atoms with Gasteiger partial charge in [0.1, 0.15) is 17.6 Å². The molecule has 18 heavy (non-hydrogen) atoms. The number of ether oxygens (including phenoxy) is 1. The van der Waals surface area contributed by atoms with Gasteiger partial charge in [0.15, 0.2) is 0 Å². The summed E-state index contributed by atoms with van der Waals surface area (Å²) in [4.78, 5) is 0. The van der Waals surface area contributed by atoms with Gasteiger partial charge in [-0.1, -0.05) is 23.2 Å². The van der Waals surface area contributed by atoms with Crippen molar-refractivity contribution in [1.29, 1.82) is 5.26 Å². The van der Waals surface area contributed by atoms with Gasteiger partial charge in [0.05, 0.1) is 10.0 Å². The molecule has 2 rings (SSSR count). The Labute approximate surface area is 123 Å². The molecule has 0 aromatic heterocycles. The lowest BCUT2D eigenvalue weighted by atomic mass is 10.2. The minimum atomic E-state index is 0.410. The quantitative estimate of drug-likeness (QED) is 0.730. The molecule has 5 heteroatoms. The molecule has 90 valence electrons. The van der Waals surface area contributed by atoms with Crippen LogP contribution in [0.5, 0.6) is 11.5 Å². The highest BCUT2D eigenvalue weighted by Gasteiger charge is 2.08. The summed E-state index contributed by atoms with van der Waals surface area (Å²) in [7, 11) is 0. The zero-order chi connectivity index (χ0) is 13.1. The predicted molar refractivity (Wildman–Crippen MR) is 75.4 cm³/mol. The largest absolute Gasteiger partial charge is 0.455 e. The van der Waals surface area contributed by atoms with Crippen LogP contribution < -0.4 is 4.74 Å². The second-order valence-electron chi connectivity index (χ2n) is 3.43. The smallest absolute Gasteiger partial charge is 0.146 e. The number of hydrogen-bond acceptors (Lipinski definition) is 2. The second kappa shape index (κ2) is 5.62. The van der Waals surface area contributed by atoms with Crippen LogP contribution in [0.2, 0.25) is 10.0 Å². The van der Waals surface area contributed by atoms with E-state index in [0.29, 0.717) is 31.6 Å². The topological polar surface area (TPSA) is 33.0 Å². The van der Waals surface area contributed by atoms with Crippen LogP contribution in [-0.4, -0.2) is 0 Å². The van der Waals surface area contributed by atoms with Gasteiger partial charge in [-0.3, -0.25) is 0 Å². The highest BCUT2D eigenvalue weighted by atomic mass is 79.9. The molecule has 0 spiro atoms. The first-order valence-corrected chi connectivity index (χ1v) is 6.47. The van der Waals surface area contributed by atoms with Crippen molar-refractivity contribution >= 4 is 39.1 Å². The van der Waals surface area contributed by atoms with Crippen LogP contribution in [0.4, 0.5) is 0 Å². The molecule has 0 aliphatic rings. The predicted octanol–water partition coefficient (Wildman–Crippen LogP) is 5.42. The van der Waals surface area contributed by atoms with Gasteiger partial charge in [0, 0.05) is 16.1 Å². The zero-order valence-electron chi connectivity index (χ0n) is 8.95. The van der Waals surface area contributed by atoms with Gasteiger partial charge < -0.3 is 4.74 Å². The highest BCUT2D eigenvalue weighted by Crippen LogP contribution is 2.34.